The highest BCUT2D eigenvalue weighted by Gasteiger charge is 2.10. The molecule has 6 nitrogen and oxygen atoms in total. The van der Waals surface area contributed by atoms with Crippen molar-refractivity contribution in [3.05, 3.63) is 78.5 Å². The highest BCUT2D eigenvalue weighted by atomic mass is 16.3. The zero-order valence-corrected chi connectivity index (χ0v) is 12.0. The smallest absolute Gasteiger partial charge is 0.291 e. The molecule has 0 aliphatic rings. The van der Waals surface area contributed by atoms with Crippen LogP contribution in [0.1, 0.15) is 20.9 Å². The molecule has 3 aromatic rings. The number of benzene rings is 1. The largest absolute Gasteiger partial charge is 0.459 e. The minimum atomic E-state index is -0.344. The van der Waals surface area contributed by atoms with Crippen molar-refractivity contribution in [2.75, 3.05) is 10.6 Å². The van der Waals surface area contributed by atoms with Gasteiger partial charge in [0.2, 0.25) is 0 Å². The van der Waals surface area contributed by atoms with E-state index in [0.717, 1.165) is 0 Å². The number of anilines is 2. The second kappa shape index (κ2) is 6.57. The lowest BCUT2D eigenvalue weighted by molar-refractivity contribution is 0.0995. The molecule has 0 spiro atoms. The molecule has 2 amide bonds. The van der Waals surface area contributed by atoms with Crippen LogP contribution in [0.4, 0.5) is 11.4 Å². The van der Waals surface area contributed by atoms with Gasteiger partial charge in [-0.15, -0.1) is 0 Å². The highest BCUT2D eigenvalue weighted by Crippen LogP contribution is 2.13. The van der Waals surface area contributed by atoms with E-state index in [1.165, 1.54) is 6.26 Å². The van der Waals surface area contributed by atoms with E-state index in [1.807, 2.05) is 0 Å². The van der Waals surface area contributed by atoms with Crippen molar-refractivity contribution >= 4 is 23.2 Å². The van der Waals surface area contributed by atoms with Crippen LogP contribution in [0.3, 0.4) is 0 Å². The van der Waals surface area contributed by atoms with Crippen LogP contribution in [0.25, 0.3) is 0 Å². The average Bonchev–Trinajstić information content (AvgIpc) is 3.11. The maximum Gasteiger partial charge on any atom is 0.291 e. The Bertz CT molecular complexity index is 797. The lowest BCUT2D eigenvalue weighted by Crippen LogP contribution is -2.13. The number of amides is 2. The Balaban J connectivity index is 1.65. The molecule has 0 bridgehead atoms. The lowest BCUT2D eigenvalue weighted by atomic mass is 10.2. The number of aromatic nitrogens is 1. The van der Waals surface area contributed by atoms with Gasteiger partial charge in [0.15, 0.2) is 5.76 Å². The van der Waals surface area contributed by atoms with Crippen LogP contribution >= 0.6 is 0 Å². The summed E-state index contributed by atoms with van der Waals surface area (Å²) in [6, 6.07) is 13.2. The first-order valence-electron chi connectivity index (χ1n) is 6.89. The minimum Gasteiger partial charge on any atom is -0.459 e. The third-order valence-corrected chi connectivity index (χ3v) is 3.09. The van der Waals surface area contributed by atoms with Crippen molar-refractivity contribution < 1.29 is 14.0 Å². The zero-order chi connectivity index (χ0) is 16.1. The van der Waals surface area contributed by atoms with Gasteiger partial charge >= 0.3 is 0 Å². The molecule has 0 fully saturated rings. The Morgan fingerprint density at radius 3 is 2.13 bits per heavy atom. The maximum absolute atomic E-state index is 12.1. The Hall–Kier alpha value is -3.41. The number of furan rings is 1. The van der Waals surface area contributed by atoms with E-state index >= 15 is 0 Å². The van der Waals surface area contributed by atoms with E-state index in [0.29, 0.717) is 16.9 Å². The molecule has 6 heteroatoms. The van der Waals surface area contributed by atoms with E-state index in [2.05, 4.69) is 15.6 Å². The fraction of sp³-hybridized carbons (Fsp3) is 0. The van der Waals surface area contributed by atoms with Crippen LogP contribution in [0.15, 0.2) is 71.6 Å². The molecule has 0 atom stereocenters. The molecule has 2 heterocycles. The summed E-state index contributed by atoms with van der Waals surface area (Å²) < 4.78 is 5.01. The third kappa shape index (κ3) is 3.62. The molecule has 0 aliphatic heterocycles. The Morgan fingerprint density at radius 2 is 1.48 bits per heavy atom. The summed E-state index contributed by atoms with van der Waals surface area (Å²) in [6.45, 7) is 0. The van der Waals surface area contributed by atoms with Crippen molar-refractivity contribution in [3.63, 3.8) is 0 Å². The number of rotatable bonds is 4. The maximum atomic E-state index is 12.1. The second-order valence-electron chi connectivity index (χ2n) is 4.70. The first-order chi connectivity index (χ1) is 11.2. The third-order valence-electron chi connectivity index (χ3n) is 3.09. The Morgan fingerprint density at radius 1 is 0.826 bits per heavy atom. The van der Waals surface area contributed by atoms with Gasteiger partial charge in [-0.1, -0.05) is 0 Å². The normalized spacial score (nSPS) is 10.1. The summed E-state index contributed by atoms with van der Waals surface area (Å²) in [5, 5.41) is 5.45. The van der Waals surface area contributed by atoms with Gasteiger partial charge < -0.3 is 15.1 Å². The van der Waals surface area contributed by atoms with Crippen molar-refractivity contribution in [2.45, 2.75) is 0 Å². The number of pyridine rings is 1. The monoisotopic (exact) mass is 307 g/mol. The van der Waals surface area contributed by atoms with E-state index in [1.54, 1.807) is 60.9 Å². The fourth-order valence-electron chi connectivity index (χ4n) is 1.94. The Labute approximate surface area is 132 Å². The molecule has 2 aromatic heterocycles. The lowest BCUT2D eigenvalue weighted by Gasteiger charge is -2.06. The fourth-order valence-corrected chi connectivity index (χ4v) is 1.94. The number of nitrogens with zero attached hydrogens (tertiary/aromatic N) is 1. The molecule has 0 saturated carbocycles. The van der Waals surface area contributed by atoms with E-state index in [9.17, 15) is 9.59 Å². The van der Waals surface area contributed by atoms with Crippen molar-refractivity contribution in [1.82, 2.24) is 4.98 Å². The molecule has 23 heavy (non-hydrogen) atoms. The number of nitrogens with one attached hydrogen (secondary N) is 2. The van der Waals surface area contributed by atoms with Crippen LogP contribution in [0.5, 0.6) is 0 Å². The van der Waals surface area contributed by atoms with Gasteiger partial charge in [0.25, 0.3) is 11.8 Å². The van der Waals surface area contributed by atoms with Gasteiger partial charge in [-0.3, -0.25) is 14.6 Å². The molecule has 0 radical (unpaired) electrons. The molecule has 0 aliphatic carbocycles. The van der Waals surface area contributed by atoms with Gasteiger partial charge in [-0.2, -0.15) is 0 Å². The van der Waals surface area contributed by atoms with Crippen LogP contribution in [-0.4, -0.2) is 16.8 Å². The topological polar surface area (TPSA) is 84.2 Å². The molecule has 1 aromatic carbocycles. The Kier molecular flexibility index (Phi) is 4.15. The predicted molar refractivity (Wildman–Crippen MR) is 85.3 cm³/mol. The molecular weight excluding hydrogens is 294 g/mol. The van der Waals surface area contributed by atoms with Crippen LogP contribution in [0, 0.1) is 0 Å². The number of carbonyl (C=O) groups is 2. The predicted octanol–water partition coefficient (Wildman–Crippen LogP) is 3.18. The van der Waals surface area contributed by atoms with Gasteiger partial charge in [-0.05, 0) is 48.5 Å². The first kappa shape index (κ1) is 14.5. The van der Waals surface area contributed by atoms with Crippen LogP contribution in [0.2, 0.25) is 0 Å². The summed E-state index contributed by atoms with van der Waals surface area (Å²) in [7, 11) is 0. The summed E-state index contributed by atoms with van der Waals surface area (Å²) >= 11 is 0. The molecule has 0 unspecified atom stereocenters. The number of carbonyl (C=O) groups excluding carboxylic acids is 2. The molecule has 2 N–H and O–H groups in total. The quantitative estimate of drug-likeness (QED) is 0.775. The number of hydrogen-bond donors (Lipinski definition) is 2. The van der Waals surface area contributed by atoms with Gasteiger partial charge in [0.1, 0.15) is 0 Å². The van der Waals surface area contributed by atoms with Gasteiger partial charge in [-0.25, -0.2) is 0 Å². The average molecular weight is 307 g/mol. The van der Waals surface area contributed by atoms with E-state index in [4.69, 9.17) is 4.42 Å². The van der Waals surface area contributed by atoms with Gasteiger partial charge in [0.05, 0.1) is 6.26 Å². The van der Waals surface area contributed by atoms with Gasteiger partial charge in [0, 0.05) is 29.3 Å². The minimum absolute atomic E-state index is 0.226. The summed E-state index contributed by atoms with van der Waals surface area (Å²) in [5.74, 6) is -0.353. The van der Waals surface area contributed by atoms with Crippen molar-refractivity contribution in [2.24, 2.45) is 0 Å². The van der Waals surface area contributed by atoms with Crippen molar-refractivity contribution in [1.29, 1.82) is 0 Å². The van der Waals surface area contributed by atoms with Crippen molar-refractivity contribution in [3.8, 4) is 0 Å². The van der Waals surface area contributed by atoms with E-state index in [-0.39, 0.29) is 17.6 Å². The van der Waals surface area contributed by atoms with E-state index < -0.39 is 0 Å². The zero-order valence-electron chi connectivity index (χ0n) is 12.0. The standard InChI is InChI=1S/C17H13N3O3/c21-16(19-14-7-9-18-10-8-14)12-3-5-13(6-4-12)20-17(22)15-2-1-11-23-15/h1-11H,(H,20,22)(H,18,19,21). The number of hydrogen-bond acceptors (Lipinski definition) is 4. The summed E-state index contributed by atoms with van der Waals surface area (Å²) in [6.07, 6.45) is 4.63. The summed E-state index contributed by atoms with van der Waals surface area (Å²) in [4.78, 5) is 27.8. The summed E-state index contributed by atoms with van der Waals surface area (Å²) in [5.41, 5.74) is 1.73. The van der Waals surface area contributed by atoms with Crippen LogP contribution in [-0.2, 0) is 0 Å². The molecule has 114 valence electrons. The first-order valence-corrected chi connectivity index (χ1v) is 6.89. The highest BCUT2D eigenvalue weighted by molar-refractivity contribution is 6.05. The molecule has 0 saturated heterocycles. The second-order valence-corrected chi connectivity index (χ2v) is 4.70. The molecule has 3 rings (SSSR count). The van der Waals surface area contributed by atoms with Crippen LogP contribution < -0.4 is 10.6 Å². The SMILES string of the molecule is O=C(Nc1ccncc1)c1ccc(NC(=O)c2ccco2)cc1. The molecular formula is C17H13N3O3.